The molecule has 1 aliphatic heterocycles. The zero-order valence-electron chi connectivity index (χ0n) is 26.8. The van der Waals surface area contributed by atoms with Crippen LogP contribution in [0.15, 0.2) is 0 Å². The molecule has 250 valence electrons. The minimum Gasteiger partial charge on any atom is -0.457 e. The van der Waals surface area contributed by atoms with Gasteiger partial charge in [-0.05, 0) is 117 Å². The maximum atomic E-state index is 12.1. The summed E-state index contributed by atoms with van der Waals surface area (Å²) in [6.07, 6.45) is 6.97. The van der Waals surface area contributed by atoms with Crippen molar-refractivity contribution in [1.82, 2.24) is 0 Å². The summed E-state index contributed by atoms with van der Waals surface area (Å²) in [6.45, 7) is 11.4. The van der Waals surface area contributed by atoms with Crippen LogP contribution in [0.3, 0.4) is 0 Å². The van der Waals surface area contributed by atoms with Gasteiger partial charge in [0.1, 0.15) is 12.9 Å². The van der Waals surface area contributed by atoms with Gasteiger partial charge in [0.05, 0.1) is 30.0 Å². The van der Waals surface area contributed by atoms with Gasteiger partial charge in [-0.15, -0.1) is 0 Å². The molecule has 2 spiro atoms. The van der Waals surface area contributed by atoms with Crippen molar-refractivity contribution in [3.63, 3.8) is 0 Å². The van der Waals surface area contributed by atoms with Gasteiger partial charge in [0.2, 0.25) is 6.29 Å². The summed E-state index contributed by atoms with van der Waals surface area (Å²) in [4.78, 5) is 34.3. The molecule has 6 fully saturated rings. The Balaban J connectivity index is 0.00000384. The van der Waals surface area contributed by atoms with E-state index in [4.69, 9.17) is 18.9 Å². The average Bonchev–Trinajstić information content (AvgIpc) is 3.55. The molecule has 9 nitrogen and oxygen atoms in total. The number of aldehydes is 2. The highest BCUT2D eigenvalue weighted by Crippen LogP contribution is 2.87. The van der Waals surface area contributed by atoms with Crippen molar-refractivity contribution in [1.29, 1.82) is 0 Å². The van der Waals surface area contributed by atoms with Crippen molar-refractivity contribution >= 4 is 18.5 Å². The summed E-state index contributed by atoms with van der Waals surface area (Å²) in [6, 6.07) is 0. The van der Waals surface area contributed by atoms with Crippen LogP contribution < -0.4 is 0 Å². The van der Waals surface area contributed by atoms with E-state index in [0.717, 1.165) is 38.5 Å². The van der Waals surface area contributed by atoms with E-state index in [2.05, 4.69) is 20.8 Å². The van der Waals surface area contributed by atoms with Gasteiger partial charge in [0, 0.05) is 6.92 Å². The number of rotatable bonds is 9. The minimum atomic E-state index is -1.26. The normalized spacial score (nSPS) is 46.4. The molecular weight excluding hydrogens is 564 g/mol. The van der Waals surface area contributed by atoms with Crippen molar-refractivity contribution in [3.05, 3.63) is 0 Å². The SMILES string of the molecule is C.CC(=O)OC(C1CCC2C(O1)[C@H](O)C1C3CCC4C(C)(C)[C@@H](OC(C=O)OCC=O)CCC45CC35CCC21C)C(C)(C)O. The van der Waals surface area contributed by atoms with Crippen molar-refractivity contribution < 1.29 is 43.5 Å². The molecule has 0 aromatic heterocycles. The minimum absolute atomic E-state index is 0. The number of hydrogen-bond donors (Lipinski definition) is 2. The summed E-state index contributed by atoms with van der Waals surface area (Å²) in [5.74, 6) is 0.825. The van der Waals surface area contributed by atoms with Crippen LogP contribution in [0.25, 0.3) is 0 Å². The lowest BCUT2D eigenvalue weighted by Crippen LogP contribution is -2.56. The van der Waals surface area contributed by atoms with Crippen LogP contribution >= 0.6 is 0 Å². The van der Waals surface area contributed by atoms with E-state index in [0.29, 0.717) is 30.8 Å². The molecule has 1 saturated heterocycles. The fourth-order valence-electron chi connectivity index (χ4n) is 12.0. The predicted octanol–water partition coefficient (Wildman–Crippen LogP) is 4.63. The van der Waals surface area contributed by atoms with E-state index >= 15 is 0 Å². The van der Waals surface area contributed by atoms with Crippen LogP contribution in [0, 0.1) is 45.3 Å². The number of carbonyl (C=O) groups excluding carboxylic acids is 3. The first-order valence-corrected chi connectivity index (χ1v) is 16.6. The highest BCUT2D eigenvalue weighted by Gasteiger charge is 2.81. The molecule has 6 aliphatic rings. The lowest BCUT2D eigenvalue weighted by Gasteiger charge is -2.60. The third-order valence-corrected chi connectivity index (χ3v) is 13.6. The fourth-order valence-corrected chi connectivity index (χ4v) is 12.0. The molecule has 11 unspecified atom stereocenters. The summed E-state index contributed by atoms with van der Waals surface area (Å²) in [5.41, 5.74) is -0.994. The molecule has 6 rings (SSSR count). The molecule has 5 aliphatic carbocycles. The zero-order valence-corrected chi connectivity index (χ0v) is 26.8. The fraction of sp³-hybridized carbons (Fsp3) is 0.914. The van der Waals surface area contributed by atoms with Gasteiger partial charge in [0.25, 0.3) is 0 Å². The van der Waals surface area contributed by atoms with Gasteiger partial charge in [-0.2, -0.15) is 0 Å². The van der Waals surface area contributed by atoms with Crippen LogP contribution in [0.4, 0.5) is 0 Å². The summed E-state index contributed by atoms with van der Waals surface area (Å²) in [7, 11) is 0. The lowest BCUT2D eigenvalue weighted by molar-refractivity contribution is -0.217. The van der Waals surface area contributed by atoms with Gasteiger partial charge in [-0.1, -0.05) is 28.2 Å². The number of ether oxygens (including phenoxy) is 4. The molecule has 44 heavy (non-hydrogen) atoms. The maximum Gasteiger partial charge on any atom is 0.303 e. The van der Waals surface area contributed by atoms with E-state index in [-0.39, 0.29) is 59.7 Å². The third-order valence-electron chi connectivity index (χ3n) is 13.6. The van der Waals surface area contributed by atoms with E-state index in [9.17, 15) is 24.6 Å². The number of hydrogen-bond acceptors (Lipinski definition) is 9. The molecule has 0 radical (unpaired) electrons. The van der Waals surface area contributed by atoms with Crippen LogP contribution in [0.5, 0.6) is 0 Å². The van der Waals surface area contributed by atoms with E-state index in [1.54, 1.807) is 13.8 Å². The quantitative estimate of drug-likeness (QED) is 0.215. The Hall–Kier alpha value is -1.39. The Kier molecular flexibility index (Phi) is 8.79. The molecule has 1 heterocycles. The van der Waals surface area contributed by atoms with Crippen LogP contribution in [0.1, 0.15) is 107 Å². The highest BCUT2D eigenvalue weighted by molar-refractivity contribution is 5.66. The topological polar surface area (TPSA) is 129 Å². The third kappa shape index (κ3) is 4.85. The first kappa shape index (κ1) is 34.0. The van der Waals surface area contributed by atoms with E-state index < -0.39 is 36.2 Å². The molecule has 0 aromatic rings. The molecule has 13 atom stereocenters. The molecule has 0 bridgehead atoms. The summed E-state index contributed by atoms with van der Waals surface area (Å²) >= 11 is 0. The van der Waals surface area contributed by atoms with Gasteiger partial charge in [0.15, 0.2) is 12.4 Å². The molecule has 9 heteroatoms. The summed E-state index contributed by atoms with van der Waals surface area (Å²) in [5, 5.41) is 22.9. The van der Waals surface area contributed by atoms with Gasteiger partial charge >= 0.3 is 5.97 Å². The number of carbonyl (C=O) groups is 3. The van der Waals surface area contributed by atoms with Crippen LogP contribution in [-0.4, -0.2) is 77.8 Å². The van der Waals surface area contributed by atoms with Crippen molar-refractivity contribution in [2.75, 3.05) is 6.61 Å². The maximum absolute atomic E-state index is 12.1. The standard InChI is InChI=1S/C34H52O9.CH4/c1-19(37)41-29(31(4,5)39)22-9-7-21-28(42-22)27(38)26-20-8-10-23-30(2,3)24(43-25(17-36)40-16-15-35)11-12-34(23)18-33(20,34)14-13-32(21,26)6;/h15,17,20-29,38-39H,7-14,16,18H2,1-6H3;1H4/t20?,21?,22?,23?,24-,25?,26?,27+,28?,29?,32?,33?,34?;/m0./s1. The van der Waals surface area contributed by atoms with Crippen LogP contribution in [0.2, 0.25) is 0 Å². The Morgan fingerprint density at radius 1 is 1.02 bits per heavy atom. The Bertz CT molecular complexity index is 1120. The largest absolute Gasteiger partial charge is 0.457 e. The van der Waals surface area contributed by atoms with Crippen molar-refractivity contribution in [2.45, 2.75) is 149 Å². The predicted molar refractivity (Wildman–Crippen MR) is 162 cm³/mol. The first-order valence-electron chi connectivity index (χ1n) is 16.6. The molecule has 5 saturated carbocycles. The van der Waals surface area contributed by atoms with E-state index in [1.165, 1.54) is 19.8 Å². The second-order valence-corrected chi connectivity index (χ2v) is 16.2. The first-order chi connectivity index (χ1) is 20.2. The Morgan fingerprint density at radius 2 is 1.73 bits per heavy atom. The Morgan fingerprint density at radius 3 is 2.36 bits per heavy atom. The molecular formula is C35H56O9. The number of aliphatic hydroxyl groups is 2. The average molecular weight is 621 g/mol. The Labute approximate surface area is 263 Å². The monoisotopic (exact) mass is 620 g/mol. The van der Waals surface area contributed by atoms with E-state index in [1.807, 2.05) is 0 Å². The molecule has 2 N–H and O–H groups in total. The number of fused-ring (bicyclic) bond motifs is 4. The summed E-state index contributed by atoms with van der Waals surface area (Å²) < 4.78 is 23.8. The second kappa shape index (κ2) is 11.4. The smallest absolute Gasteiger partial charge is 0.303 e. The molecule has 0 aromatic carbocycles. The van der Waals surface area contributed by atoms with Gasteiger partial charge < -0.3 is 34.0 Å². The second-order valence-electron chi connectivity index (χ2n) is 16.2. The zero-order chi connectivity index (χ0) is 31.2. The number of aliphatic hydroxyl groups excluding tert-OH is 1. The van der Waals surface area contributed by atoms with Gasteiger partial charge in [-0.25, -0.2) is 0 Å². The molecule has 0 amide bonds. The van der Waals surface area contributed by atoms with Crippen LogP contribution in [-0.2, 0) is 33.3 Å². The lowest BCUT2D eigenvalue weighted by atomic mass is 9.46. The van der Waals surface area contributed by atoms with Crippen molar-refractivity contribution in [2.24, 2.45) is 45.3 Å². The number of esters is 1. The highest BCUT2D eigenvalue weighted by atomic mass is 16.7. The van der Waals surface area contributed by atoms with Gasteiger partial charge in [-0.3, -0.25) is 9.59 Å². The van der Waals surface area contributed by atoms with Crippen molar-refractivity contribution in [3.8, 4) is 0 Å².